The van der Waals surface area contributed by atoms with Crippen LogP contribution in [0.2, 0.25) is 0 Å². The maximum Gasteiger partial charge on any atom is 0.326 e. The molecule has 0 aromatic heterocycles. The quantitative estimate of drug-likeness (QED) is 0.0251. The number of carbonyl (C=O) groups is 27. The lowest BCUT2D eigenvalue weighted by Gasteiger charge is -2.30. The number of rotatable bonds is 72. The molecule has 0 radical (unpaired) electrons. The summed E-state index contributed by atoms with van der Waals surface area (Å²) < 4.78 is 0. The highest BCUT2D eigenvalue weighted by Crippen LogP contribution is 2.18. The minimum Gasteiger partial charge on any atom is -0.481 e. The topological polar surface area (TPSA) is 961 Å². The van der Waals surface area contributed by atoms with Crippen molar-refractivity contribution in [2.24, 2.45) is 58.3 Å². The molecule has 145 heavy (non-hydrogen) atoms. The van der Waals surface area contributed by atoms with Crippen LogP contribution in [-0.2, 0) is 129 Å². The van der Waals surface area contributed by atoms with Gasteiger partial charge in [0.25, 0.3) is 0 Å². The van der Waals surface area contributed by atoms with Crippen LogP contribution in [0.15, 0.2) is 0 Å². The van der Waals surface area contributed by atoms with Gasteiger partial charge in [0, 0.05) is 25.7 Å². The zero-order chi connectivity index (χ0) is 111. The van der Waals surface area contributed by atoms with Crippen LogP contribution in [0.5, 0.6) is 0 Å². The minimum absolute atomic E-state index is 0.0252. The second kappa shape index (κ2) is 66.4. The highest BCUT2D eigenvalue weighted by molar-refractivity contribution is 6.03. The molecule has 0 heterocycles. The first-order chi connectivity index (χ1) is 67.6. The smallest absolute Gasteiger partial charge is 0.326 e. The average Bonchev–Trinajstić information content (AvgIpc) is 0.846. The number of hydrogen-bond donors (Lipinski definition) is 31. The molecule has 0 rings (SSSR count). The zero-order valence-electron chi connectivity index (χ0n) is 83.5. The lowest BCUT2D eigenvalue weighted by Crippen LogP contribution is -2.63. The summed E-state index contributed by atoms with van der Waals surface area (Å²) in [5.74, 6) is -36.4. The predicted octanol–water partition coefficient (Wildman–Crippen LogP) is -11.6. The van der Waals surface area contributed by atoms with Crippen molar-refractivity contribution in [1.82, 2.24) is 101 Å². The molecule has 58 heteroatoms. The Morgan fingerprint density at radius 2 is 0.559 bits per heavy atom. The fraction of sp³-hybridized carbons (Fsp3) is 0.690. The molecule has 0 spiro atoms. The van der Waals surface area contributed by atoms with Gasteiger partial charge in [0.1, 0.15) is 103 Å². The van der Waals surface area contributed by atoms with Crippen molar-refractivity contribution in [1.29, 1.82) is 0 Å². The van der Waals surface area contributed by atoms with Crippen molar-refractivity contribution < 1.29 is 165 Å². The van der Waals surface area contributed by atoms with Gasteiger partial charge in [0.2, 0.25) is 130 Å². The van der Waals surface area contributed by atoms with Crippen molar-refractivity contribution in [3.8, 4) is 0 Å². The summed E-state index contributed by atoms with van der Waals surface area (Å²) in [5.41, 5.74) is 27.5. The van der Waals surface area contributed by atoms with Gasteiger partial charge in [-0.3, -0.25) is 125 Å². The number of carboxylic acid groups (broad SMARTS) is 5. The molecule has 0 fully saturated rings. The summed E-state index contributed by atoms with van der Waals surface area (Å²) in [4.78, 5) is 356. The van der Waals surface area contributed by atoms with Crippen molar-refractivity contribution in [3.05, 3.63) is 0 Å². The Kier molecular flexibility index (Phi) is 59.8. The number of nitrogens with two attached hydrogens (primary N) is 5. The summed E-state index contributed by atoms with van der Waals surface area (Å²) in [7, 11) is 0. The van der Waals surface area contributed by atoms with E-state index < -0.39 is 388 Å². The summed E-state index contributed by atoms with van der Waals surface area (Å²) in [6.07, 6.45) is -8.67. The largest absolute Gasteiger partial charge is 0.481 e. The number of primary amides is 3. The summed E-state index contributed by atoms with van der Waals surface area (Å²) in [6, 6.07) is -30.6. The van der Waals surface area contributed by atoms with E-state index in [0.717, 1.165) is 20.8 Å². The number of carboxylic acids is 5. The van der Waals surface area contributed by atoms with Crippen LogP contribution in [0, 0.1) is 29.6 Å². The van der Waals surface area contributed by atoms with Gasteiger partial charge in [-0.25, -0.2) is 4.79 Å². The van der Waals surface area contributed by atoms with Gasteiger partial charge in [-0.2, -0.15) is 0 Å². The maximum atomic E-state index is 14.2. The highest BCUT2D eigenvalue weighted by atomic mass is 16.4. The van der Waals surface area contributed by atoms with E-state index in [1.54, 1.807) is 27.7 Å². The Morgan fingerprint density at radius 1 is 0.269 bits per heavy atom. The number of carbonyl (C=O) groups excluding carboxylic acids is 22. The van der Waals surface area contributed by atoms with Gasteiger partial charge in [0.15, 0.2) is 0 Å². The van der Waals surface area contributed by atoms with Crippen molar-refractivity contribution in [2.75, 3.05) is 26.2 Å². The van der Waals surface area contributed by atoms with Gasteiger partial charge in [-0.15, -0.1) is 0 Å². The Balaban J connectivity index is 6.59. The Hall–Kier alpha value is -14.5. The number of amides is 22. The summed E-state index contributed by atoms with van der Waals surface area (Å²) >= 11 is 0. The Morgan fingerprint density at radius 3 is 0.952 bits per heavy atom. The van der Waals surface area contributed by atoms with E-state index in [9.17, 15) is 160 Å². The molecular formula is C87H146N24O34. The first kappa shape index (κ1) is 131. The van der Waals surface area contributed by atoms with Gasteiger partial charge in [0.05, 0.1) is 51.1 Å². The molecule has 0 saturated heterocycles. The monoisotopic (exact) mass is 2070 g/mol. The normalized spacial score (nSPS) is 15.8. The van der Waals surface area contributed by atoms with Crippen LogP contribution in [0.4, 0.5) is 0 Å². The molecule has 0 saturated carbocycles. The van der Waals surface area contributed by atoms with Crippen molar-refractivity contribution >= 4 is 160 Å². The van der Waals surface area contributed by atoms with Crippen LogP contribution in [0.1, 0.15) is 213 Å². The molecule has 36 N–H and O–H groups in total. The second-order valence-corrected chi connectivity index (χ2v) is 35.3. The molecule has 58 nitrogen and oxygen atoms in total. The number of hydrogen-bond acceptors (Lipinski definition) is 31. The number of aliphatic carboxylic acids is 5. The predicted molar refractivity (Wildman–Crippen MR) is 505 cm³/mol. The number of nitrogens with one attached hydrogen (secondary N) is 19. The lowest BCUT2D eigenvalue weighted by atomic mass is 9.97. The molecule has 0 aromatic rings. The first-order valence-corrected chi connectivity index (χ1v) is 47.0. The van der Waals surface area contributed by atoms with E-state index >= 15 is 0 Å². The third-order valence-electron chi connectivity index (χ3n) is 23.0. The van der Waals surface area contributed by atoms with Crippen LogP contribution in [0.3, 0.4) is 0 Å². The Labute approximate surface area is 834 Å². The Bertz CT molecular complexity index is 4540. The average molecular weight is 2070 g/mol. The first-order valence-electron chi connectivity index (χ1n) is 47.0. The van der Waals surface area contributed by atoms with Crippen LogP contribution in [0.25, 0.3) is 0 Å². The van der Waals surface area contributed by atoms with Crippen molar-refractivity contribution in [3.63, 3.8) is 0 Å². The molecule has 0 aliphatic carbocycles. The van der Waals surface area contributed by atoms with E-state index in [2.05, 4.69) is 101 Å². The highest BCUT2D eigenvalue weighted by Gasteiger charge is 2.42. The van der Waals surface area contributed by atoms with Crippen molar-refractivity contribution in [2.45, 2.75) is 327 Å². The van der Waals surface area contributed by atoms with E-state index in [1.165, 1.54) is 48.5 Å². The van der Waals surface area contributed by atoms with Crippen LogP contribution >= 0.6 is 0 Å². The fourth-order valence-corrected chi connectivity index (χ4v) is 13.3. The van der Waals surface area contributed by atoms with E-state index in [1.807, 2.05) is 0 Å². The maximum absolute atomic E-state index is 14.2. The van der Waals surface area contributed by atoms with E-state index in [0.29, 0.717) is 6.42 Å². The van der Waals surface area contributed by atoms with Gasteiger partial charge in [-0.05, 0) is 109 Å². The van der Waals surface area contributed by atoms with E-state index in [-0.39, 0.29) is 51.5 Å². The van der Waals surface area contributed by atoms with Gasteiger partial charge < -0.3 is 165 Å². The minimum atomic E-state index is -2.10. The molecule has 818 valence electrons. The third-order valence-corrected chi connectivity index (χ3v) is 23.0. The molecule has 0 bridgehead atoms. The second-order valence-electron chi connectivity index (χ2n) is 35.3. The molecule has 22 amide bonds. The number of aliphatic hydroxyl groups excluding tert-OH is 2. The molecule has 23 atom stereocenters. The van der Waals surface area contributed by atoms with Crippen LogP contribution in [-0.4, -0.2) is 337 Å². The molecule has 0 aromatic carbocycles. The van der Waals surface area contributed by atoms with Gasteiger partial charge in [-0.1, -0.05) is 94.9 Å². The standard InChI is InChI=1S/C87H146N24O34/c1-15-38(7)65(82(139)94-35-59(118)98-52(32-57(92)116)80(137)110-68(87(144)145)41(10)18-4)107-78(135)50(25-29-62(123)124)103-75(132)47(21-19-20-30-88)102-79(136)53(33-63(125)126)99-58(117)34-93-74(131)51(31-56(91)115)104-71(128)42(11)95-81(138)54(36-112)105-85(142)67(40(9)17-3)109-86(143)69(45(14)113)111-72(129)44(13)96-83(140)64(37(5)6)106-76(133)48(23-26-55(90)114)100-70(127)43(12)97-84(141)66(39(8)16-2)108-77(134)49(24-28-61(121)122)101-73(130)46(89)22-27-60(119)120/h37-54,64-69,112-113H,15-36,88-89H2,1-14H3,(H2,90,114)(H2,91,115)(H2,92,116)(H,93,131)(H,94,139)(H,95,138)(H,96,140)(H,97,141)(H,98,118)(H,99,117)(H,100,127)(H,101,130)(H,102,136)(H,103,132)(H,104,128)(H,105,142)(H,106,133)(H,107,135)(H,108,134)(H,109,143)(H,110,137)(H,111,129)(H,119,120)(H,121,122)(H,123,124)(H,125,126)(H,144,145)/t38-,39-,40-,41-,42-,43-,44-,45+,46-,47-,48-,49-,50-,51-,52-,53-,54-,64-,65-,66-,67-,68-,69-/m0/s1. The third kappa shape index (κ3) is 49.4. The lowest BCUT2D eigenvalue weighted by molar-refractivity contribution is -0.144. The fourth-order valence-electron chi connectivity index (χ4n) is 13.3. The van der Waals surface area contributed by atoms with Gasteiger partial charge >= 0.3 is 29.8 Å². The molecular weight excluding hydrogens is 1930 g/mol. The van der Waals surface area contributed by atoms with Crippen LogP contribution < -0.4 is 130 Å². The summed E-state index contributed by atoms with van der Waals surface area (Å²) in [5, 5.41) is 112. The molecule has 0 aliphatic rings. The molecule has 0 unspecified atom stereocenters. The summed E-state index contributed by atoms with van der Waals surface area (Å²) in [6.45, 7) is 16.5. The number of unbranched alkanes of at least 4 members (excludes halogenated alkanes) is 1. The van der Waals surface area contributed by atoms with E-state index in [4.69, 9.17) is 33.8 Å². The zero-order valence-corrected chi connectivity index (χ0v) is 83.5. The number of aliphatic hydroxyl groups is 2. The molecule has 0 aliphatic heterocycles. The SMILES string of the molecule is CC[C@H](C)[C@H](NC(=O)[C@H](CC(N)=O)NC(=O)CNC(=O)[C@@H](NC(=O)[C@H](CCC(=O)O)NC(=O)[C@H](CCCCN)NC(=O)[C@H](CC(=O)O)NC(=O)CNC(=O)[C@H](CC(N)=O)NC(=O)[C@H](C)NC(=O)[C@H](CO)NC(=O)[C@@H](NC(=O)[C@@H](NC(=O)[C@H](C)NC(=O)[C@@H](NC(=O)[C@H](CCC(N)=O)NC(=O)[C@H](C)NC(=O)[C@@H](NC(=O)[C@H](CCC(=O)O)NC(=O)[C@@H](N)CCC(=O)O)[C@@H](C)CC)C(C)C)[C@@H](C)O)[C@@H](C)CC)[C@@H](C)CC)C(=O)O.